The van der Waals surface area contributed by atoms with Crippen LogP contribution >= 0.6 is 0 Å². The van der Waals surface area contributed by atoms with Gasteiger partial charge in [-0.1, -0.05) is 32.0 Å². The number of fused-ring (bicyclic) bond motifs is 5. The minimum Gasteiger partial charge on any atom is -0.434 e. The summed E-state index contributed by atoms with van der Waals surface area (Å²) in [5.74, 6) is 1.13. The minimum atomic E-state index is -2.94. The highest BCUT2D eigenvalue weighted by molar-refractivity contribution is 5.84. The largest absolute Gasteiger partial charge is 0.434 e. The summed E-state index contributed by atoms with van der Waals surface area (Å²) >= 11 is 0. The Kier molecular flexibility index (Phi) is 4.80. The number of hydrogen-bond donors (Lipinski definition) is 1. The lowest BCUT2D eigenvalue weighted by Gasteiger charge is -2.22. The molecule has 1 unspecified atom stereocenters. The van der Waals surface area contributed by atoms with Crippen molar-refractivity contribution in [3.63, 3.8) is 0 Å². The van der Waals surface area contributed by atoms with Gasteiger partial charge in [0.1, 0.15) is 23.0 Å². The fourth-order valence-electron chi connectivity index (χ4n) is 5.92. The molecule has 0 saturated heterocycles. The first-order chi connectivity index (χ1) is 17.0. The Hall–Kier alpha value is -3.46. The van der Waals surface area contributed by atoms with E-state index in [9.17, 15) is 13.9 Å². The molecule has 0 spiro atoms. The van der Waals surface area contributed by atoms with Crippen LogP contribution in [0.5, 0.6) is 5.75 Å². The van der Waals surface area contributed by atoms with E-state index in [0.29, 0.717) is 27.7 Å². The summed E-state index contributed by atoms with van der Waals surface area (Å²) in [5.41, 5.74) is 1.12. The minimum absolute atomic E-state index is 0.131. The average Bonchev–Trinajstić information content (AvgIpc) is 3.09. The molecule has 2 aromatic heterocycles. The number of halogens is 3. The molecule has 3 heterocycles. The Morgan fingerprint density at radius 3 is 2.50 bits per heavy atom. The number of aromatic nitrogens is 4. The Balaban J connectivity index is 1.53. The molecule has 1 aliphatic heterocycles. The van der Waals surface area contributed by atoms with Crippen molar-refractivity contribution in [3.05, 3.63) is 71.8 Å². The van der Waals surface area contributed by atoms with Crippen LogP contribution in [0.2, 0.25) is 0 Å². The normalized spacial score (nSPS) is 24.8. The number of aliphatic hydroxyl groups is 1. The van der Waals surface area contributed by atoms with E-state index in [1.807, 2.05) is 16.7 Å². The summed E-state index contributed by atoms with van der Waals surface area (Å²) in [6, 6.07) is 9.66. The number of imidazole rings is 1. The van der Waals surface area contributed by atoms with E-state index >= 15 is 4.39 Å². The summed E-state index contributed by atoms with van der Waals surface area (Å²) < 4.78 is 48.6. The molecule has 1 fully saturated rings. The quantitative estimate of drug-likeness (QED) is 0.392. The number of rotatable bonds is 5. The molecule has 4 aromatic rings. The zero-order valence-electron chi connectivity index (χ0n) is 20.2. The molecule has 1 N–H and O–H groups in total. The van der Waals surface area contributed by atoms with Gasteiger partial charge in [0.15, 0.2) is 5.82 Å². The van der Waals surface area contributed by atoms with Crippen LogP contribution in [0.15, 0.2) is 48.8 Å². The average molecular weight is 495 g/mol. The number of para-hydroxylation sites is 1. The van der Waals surface area contributed by atoms with E-state index in [2.05, 4.69) is 23.8 Å². The van der Waals surface area contributed by atoms with E-state index in [1.165, 1.54) is 18.5 Å². The van der Waals surface area contributed by atoms with Gasteiger partial charge in [-0.15, -0.1) is 0 Å². The third-order valence-corrected chi connectivity index (χ3v) is 7.91. The lowest BCUT2D eigenvalue weighted by Crippen LogP contribution is -2.19. The van der Waals surface area contributed by atoms with Crippen LogP contribution in [0.3, 0.4) is 0 Å². The van der Waals surface area contributed by atoms with E-state index in [0.717, 1.165) is 5.82 Å². The Bertz CT molecular complexity index is 1500. The van der Waals surface area contributed by atoms with Crippen molar-refractivity contribution in [1.82, 2.24) is 19.5 Å². The third-order valence-electron chi connectivity index (χ3n) is 7.91. The predicted octanol–water partition coefficient (Wildman–Crippen LogP) is 5.59. The van der Waals surface area contributed by atoms with Gasteiger partial charge in [-0.3, -0.25) is 0 Å². The maximum Gasteiger partial charge on any atom is 0.387 e. The molecular weight excluding hydrogens is 469 g/mol. The van der Waals surface area contributed by atoms with Crippen molar-refractivity contribution in [2.24, 2.45) is 11.8 Å². The Morgan fingerprint density at radius 2 is 1.83 bits per heavy atom. The first kappa shape index (κ1) is 23.0. The highest BCUT2D eigenvalue weighted by Gasteiger charge is 2.70. The monoisotopic (exact) mass is 494 g/mol. The molecule has 0 bridgehead atoms. The van der Waals surface area contributed by atoms with Crippen LogP contribution in [-0.4, -0.2) is 31.2 Å². The molecule has 9 heteroatoms. The molecule has 4 atom stereocenters. The maximum atomic E-state index is 15.3. The van der Waals surface area contributed by atoms with Crippen LogP contribution in [0.1, 0.15) is 50.9 Å². The van der Waals surface area contributed by atoms with Crippen LogP contribution in [0.4, 0.5) is 13.2 Å². The lowest BCUT2D eigenvalue weighted by atomic mass is 9.98. The summed E-state index contributed by atoms with van der Waals surface area (Å²) in [4.78, 5) is 13.2. The van der Waals surface area contributed by atoms with Crippen molar-refractivity contribution >= 4 is 11.0 Å². The first-order valence-electron chi connectivity index (χ1n) is 11.8. The van der Waals surface area contributed by atoms with E-state index < -0.39 is 18.0 Å². The van der Waals surface area contributed by atoms with Gasteiger partial charge >= 0.3 is 6.61 Å². The number of benzene rings is 2. The second kappa shape index (κ2) is 7.52. The zero-order valence-corrected chi connectivity index (χ0v) is 20.2. The third kappa shape index (κ3) is 3.18. The van der Waals surface area contributed by atoms with Crippen LogP contribution < -0.4 is 4.74 Å². The van der Waals surface area contributed by atoms with Gasteiger partial charge in [0.2, 0.25) is 0 Å². The highest BCUT2D eigenvalue weighted by Crippen LogP contribution is 2.70. The molecule has 2 aliphatic rings. The molecule has 186 valence electrons. The zero-order chi connectivity index (χ0) is 25.6. The summed E-state index contributed by atoms with van der Waals surface area (Å²) in [7, 11) is 0. The predicted molar refractivity (Wildman–Crippen MR) is 127 cm³/mol. The molecule has 6 nitrogen and oxygen atoms in total. The summed E-state index contributed by atoms with van der Waals surface area (Å²) in [6.07, 6.45) is 2.96. The van der Waals surface area contributed by atoms with Crippen molar-refractivity contribution < 1.29 is 23.0 Å². The molecule has 1 saturated carbocycles. The smallest absolute Gasteiger partial charge is 0.387 e. The van der Waals surface area contributed by atoms with Crippen molar-refractivity contribution in [2.45, 2.75) is 51.4 Å². The fourth-order valence-corrected chi connectivity index (χ4v) is 5.92. The molecule has 2 aromatic carbocycles. The fraction of sp³-hybridized carbons (Fsp3) is 0.370. The number of ether oxygens (including phenoxy) is 1. The van der Waals surface area contributed by atoms with Crippen molar-refractivity contribution in [2.75, 3.05) is 0 Å². The second-order valence-corrected chi connectivity index (χ2v) is 10.4. The Labute approximate surface area is 205 Å². The second-order valence-electron chi connectivity index (χ2n) is 10.4. The van der Waals surface area contributed by atoms with Crippen molar-refractivity contribution in [3.8, 4) is 16.9 Å². The van der Waals surface area contributed by atoms with Gasteiger partial charge in [0.05, 0.1) is 17.1 Å². The first-order valence-corrected chi connectivity index (χ1v) is 11.8. The number of nitrogens with zero attached hydrogens (tertiary/aromatic N) is 4. The molecule has 36 heavy (non-hydrogen) atoms. The van der Waals surface area contributed by atoms with Crippen LogP contribution in [-0.2, 0) is 11.0 Å². The van der Waals surface area contributed by atoms with Gasteiger partial charge in [-0.2, -0.15) is 8.78 Å². The van der Waals surface area contributed by atoms with E-state index in [-0.39, 0.29) is 34.9 Å². The van der Waals surface area contributed by atoms with Crippen molar-refractivity contribution in [1.29, 1.82) is 0 Å². The highest BCUT2D eigenvalue weighted by atomic mass is 19.3. The SMILES string of the molecule is C[C@H]1[C@H]2[C@H](c3ccccc3OC(F)F)n3c(nc4cc(F)c(-c5cnc(C(C)(C)O)nc5)cc43)C21C. The number of hydrogen-bond acceptors (Lipinski definition) is 5. The summed E-state index contributed by atoms with van der Waals surface area (Å²) in [5, 5.41) is 10.1. The van der Waals surface area contributed by atoms with Crippen LogP contribution in [0.25, 0.3) is 22.2 Å². The van der Waals surface area contributed by atoms with Gasteiger partial charge in [0.25, 0.3) is 0 Å². The molecule has 0 radical (unpaired) electrons. The van der Waals surface area contributed by atoms with Gasteiger partial charge in [-0.25, -0.2) is 19.3 Å². The van der Waals surface area contributed by atoms with Gasteiger partial charge < -0.3 is 14.4 Å². The molecule has 6 rings (SSSR count). The topological polar surface area (TPSA) is 73.1 Å². The van der Waals surface area contributed by atoms with Crippen LogP contribution in [0, 0.1) is 17.7 Å². The molecule has 1 aliphatic carbocycles. The maximum absolute atomic E-state index is 15.3. The standard InChI is InChI=1S/C27H25F3N4O2/c1-13-21-22(15-7-5-6-8-20(15)36-25(29)30)34-19-9-16(14-11-31-23(32-12-14)26(2,3)35)17(28)10-18(19)33-24(34)27(13,21)4/h5-13,21-22,25,35H,1-4H3/t13-,21-,22-,27?/m0/s1. The molecular formula is C27H25F3N4O2. The number of alkyl halides is 2. The lowest BCUT2D eigenvalue weighted by molar-refractivity contribution is -0.0507. The van der Waals surface area contributed by atoms with E-state index in [1.54, 1.807) is 32.0 Å². The van der Waals surface area contributed by atoms with Gasteiger partial charge in [-0.05, 0) is 31.9 Å². The Morgan fingerprint density at radius 1 is 1.14 bits per heavy atom. The molecule has 0 amide bonds. The van der Waals surface area contributed by atoms with Gasteiger partial charge in [0, 0.05) is 46.5 Å². The summed E-state index contributed by atoms with van der Waals surface area (Å²) in [6.45, 7) is 4.46. The van der Waals surface area contributed by atoms with E-state index in [4.69, 9.17) is 9.72 Å².